The Morgan fingerprint density at radius 2 is 2.16 bits per heavy atom. The molecular formula is C11H19N5O3. The SMILES string of the molecule is CC(C)(C)C(N)C(=O)NCc1cn(CC(=O)O)nn1. The number of rotatable bonds is 5. The number of nitrogens with zero attached hydrogens (tertiary/aromatic N) is 3. The first-order chi connectivity index (χ1) is 8.70. The summed E-state index contributed by atoms with van der Waals surface area (Å²) in [6.45, 7) is 5.53. The summed E-state index contributed by atoms with van der Waals surface area (Å²) in [6.07, 6.45) is 1.47. The van der Waals surface area contributed by atoms with Crippen LogP contribution in [0, 0.1) is 5.41 Å². The van der Waals surface area contributed by atoms with E-state index in [-0.39, 0.29) is 24.4 Å². The number of aliphatic carboxylic acids is 1. The highest BCUT2D eigenvalue weighted by Gasteiger charge is 2.27. The summed E-state index contributed by atoms with van der Waals surface area (Å²) in [7, 11) is 0. The van der Waals surface area contributed by atoms with Crippen LogP contribution in [0.3, 0.4) is 0 Å². The second-order valence-electron chi connectivity index (χ2n) is 5.36. The highest BCUT2D eigenvalue weighted by Crippen LogP contribution is 2.17. The summed E-state index contributed by atoms with van der Waals surface area (Å²) in [6, 6.07) is -0.624. The fraction of sp³-hybridized carbons (Fsp3) is 0.636. The number of hydrogen-bond donors (Lipinski definition) is 3. The van der Waals surface area contributed by atoms with Crippen LogP contribution in [0.25, 0.3) is 0 Å². The van der Waals surface area contributed by atoms with Gasteiger partial charge in [0.2, 0.25) is 5.91 Å². The topological polar surface area (TPSA) is 123 Å². The van der Waals surface area contributed by atoms with Gasteiger partial charge in [0, 0.05) is 0 Å². The zero-order valence-corrected chi connectivity index (χ0v) is 11.3. The van der Waals surface area contributed by atoms with Gasteiger partial charge in [-0.3, -0.25) is 9.59 Å². The molecule has 1 rings (SSSR count). The highest BCUT2D eigenvalue weighted by atomic mass is 16.4. The molecule has 106 valence electrons. The summed E-state index contributed by atoms with van der Waals surface area (Å²) in [5.41, 5.74) is 5.95. The molecule has 0 spiro atoms. The van der Waals surface area contributed by atoms with Crippen LogP contribution in [0.5, 0.6) is 0 Å². The van der Waals surface area contributed by atoms with Crippen molar-refractivity contribution in [3.05, 3.63) is 11.9 Å². The smallest absolute Gasteiger partial charge is 0.325 e. The lowest BCUT2D eigenvalue weighted by atomic mass is 9.87. The van der Waals surface area contributed by atoms with Crippen LogP contribution < -0.4 is 11.1 Å². The Hall–Kier alpha value is -1.96. The van der Waals surface area contributed by atoms with E-state index in [0.717, 1.165) is 0 Å². The Balaban J connectivity index is 2.51. The standard InChI is InChI=1S/C11H19N5O3/c1-11(2,3)9(12)10(19)13-4-7-5-16(15-14-7)6-8(17)18/h5,9H,4,6,12H2,1-3H3,(H,13,19)(H,17,18). The Kier molecular flexibility index (Phi) is 4.60. The first-order valence-electron chi connectivity index (χ1n) is 5.84. The van der Waals surface area contributed by atoms with Crippen LogP contribution in [-0.4, -0.2) is 38.0 Å². The fourth-order valence-corrected chi connectivity index (χ4v) is 1.32. The normalized spacial score (nSPS) is 13.1. The molecule has 0 aromatic carbocycles. The number of aromatic nitrogens is 3. The zero-order chi connectivity index (χ0) is 14.6. The summed E-state index contributed by atoms with van der Waals surface area (Å²) in [5.74, 6) is -1.28. The molecule has 1 aromatic heterocycles. The van der Waals surface area contributed by atoms with Crippen molar-refractivity contribution < 1.29 is 14.7 Å². The predicted molar refractivity (Wildman–Crippen MR) is 66.9 cm³/mol. The minimum Gasteiger partial charge on any atom is -0.480 e. The van der Waals surface area contributed by atoms with Crippen LogP contribution >= 0.6 is 0 Å². The van der Waals surface area contributed by atoms with E-state index < -0.39 is 12.0 Å². The summed E-state index contributed by atoms with van der Waals surface area (Å²) < 4.78 is 1.19. The lowest BCUT2D eigenvalue weighted by Crippen LogP contribution is -2.48. The van der Waals surface area contributed by atoms with E-state index in [1.165, 1.54) is 10.9 Å². The lowest BCUT2D eigenvalue weighted by Gasteiger charge is -2.25. The van der Waals surface area contributed by atoms with Crippen LogP contribution in [0.1, 0.15) is 26.5 Å². The third kappa shape index (κ3) is 4.66. The first kappa shape index (κ1) is 15.1. The van der Waals surface area contributed by atoms with Crippen LogP contribution in [-0.2, 0) is 22.7 Å². The second kappa shape index (κ2) is 5.79. The molecule has 4 N–H and O–H groups in total. The first-order valence-corrected chi connectivity index (χ1v) is 5.84. The molecular weight excluding hydrogens is 250 g/mol. The molecule has 0 aliphatic heterocycles. The lowest BCUT2D eigenvalue weighted by molar-refractivity contribution is -0.138. The maximum atomic E-state index is 11.8. The number of carboxylic acids is 1. The molecule has 0 fully saturated rings. The highest BCUT2D eigenvalue weighted by molar-refractivity contribution is 5.82. The Labute approximate surface area is 111 Å². The molecule has 1 unspecified atom stereocenters. The molecule has 0 saturated heterocycles. The van der Waals surface area contributed by atoms with E-state index in [1.54, 1.807) is 0 Å². The number of carboxylic acid groups (broad SMARTS) is 1. The van der Waals surface area contributed by atoms with Crippen molar-refractivity contribution in [3.63, 3.8) is 0 Å². The number of carbonyl (C=O) groups excluding carboxylic acids is 1. The van der Waals surface area contributed by atoms with E-state index >= 15 is 0 Å². The Morgan fingerprint density at radius 1 is 1.53 bits per heavy atom. The number of nitrogens with two attached hydrogens (primary N) is 1. The van der Waals surface area contributed by atoms with Gasteiger partial charge >= 0.3 is 5.97 Å². The minimum atomic E-state index is -1.00. The number of amides is 1. The molecule has 0 aliphatic carbocycles. The van der Waals surface area contributed by atoms with Crippen molar-refractivity contribution in [2.45, 2.75) is 39.9 Å². The molecule has 8 nitrogen and oxygen atoms in total. The Morgan fingerprint density at radius 3 is 2.68 bits per heavy atom. The van der Waals surface area contributed by atoms with Gasteiger partial charge in [-0.1, -0.05) is 26.0 Å². The van der Waals surface area contributed by atoms with E-state index in [9.17, 15) is 9.59 Å². The van der Waals surface area contributed by atoms with Crippen molar-refractivity contribution in [1.82, 2.24) is 20.3 Å². The van der Waals surface area contributed by atoms with Gasteiger partial charge in [-0.2, -0.15) is 0 Å². The van der Waals surface area contributed by atoms with Crippen LogP contribution in [0.4, 0.5) is 0 Å². The zero-order valence-electron chi connectivity index (χ0n) is 11.3. The number of nitrogens with one attached hydrogen (secondary N) is 1. The maximum Gasteiger partial charge on any atom is 0.325 e. The number of hydrogen-bond acceptors (Lipinski definition) is 5. The third-order valence-corrected chi connectivity index (χ3v) is 2.54. The summed E-state index contributed by atoms with van der Waals surface area (Å²) in [5, 5.41) is 18.6. The molecule has 0 aliphatic rings. The molecule has 8 heteroatoms. The van der Waals surface area contributed by atoms with E-state index in [2.05, 4.69) is 15.6 Å². The molecule has 0 saturated carbocycles. The largest absolute Gasteiger partial charge is 0.480 e. The van der Waals surface area contributed by atoms with Crippen LogP contribution in [0.2, 0.25) is 0 Å². The second-order valence-corrected chi connectivity index (χ2v) is 5.36. The van der Waals surface area contributed by atoms with Crippen LogP contribution in [0.15, 0.2) is 6.20 Å². The van der Waals surface area contributed by atoms with Gasteiger partial charge in [0.05, 0.1) is 18.8 Å². The summed E-state index contributed by atoms with van der Waals surface area (Å²) >= 11 is 0. The summed E-state index contributed by atoms with van der Waals surface area (Å²) in [4.78, 5) is 22.2. The van der Waals surface area contributed by atoms with Gasteiger partial charge in [-0.25, -0.2) is 4.68 Å². The molecule has 1 atom stereocenters. The molecule has 1 heterocycles. The average Bonchev–Trinajstić information content (AvgIpc) is 2.70. The van der Waals surface area contributed by atoms with Crippen molar-refractivity contribution >= 4 is 11.9 Å². The van der Waals surface area contributed by atoms with E-state index in [4.69, 9.17) is 10.8 Å². The van der Waals surface area contributed by atoms with Gasteiger partial charge in [0.25, 0.3) is 0 Å². The van der Waals surface area contributed by atoms with Gasteiger partial charge in [0.15, 0.2) is 0 Å². The van der Waals surface area contributed by atoms with Gasteiger partial charge in [0.1, 0.15) is 12.2 Å². The molecule has 1 aromatic rings. The van der Waals surface area contributed by atoms with Gasteiger partial charge < -0.3 is 16.2 Å². The van der Waals surface area contributed by atoms with Crippen molar-refractivity contribution in [2.75, 3.05) is 0 Å². The van der Waals surface area contributed by atoms with Crippen molar-refractivity contribution in [2.24, 2.45) is 11.1 Å². The quantitative estimate of drug-likeness (QED) is 0.653. The predicted octanol–water partition coefficient (Wildman–Crippen LogP) is -0.648. The van der Waals surface area contributed by atoms with Gasteiger partial charge in [-0.05, 0) is 5.41 Å². The molecule has 1 amide bonds. The Bertz CT molecular complexity index is 463. The van der Waals surface area contributed by atoms with Gasteiger partial charge in [-0.15, -0.1) is 5.10 Å². The average molecular weight is 269 g/mol. The van der Waals surface area contributed by atoms with E-state index in [0.29, 0.717) is 5.69 Å². The van der Waals surface area contributed by atoms with E-state index in [1.807, 2.05) is 20.8 Å². The minimum absolute atomic E-state index is 0.169. The number of carbonyl (C=O) groups is 2. The molecule has 0 radical (unpaired) electrons. The molecule has 0 bridgehead atoms. The monoisotopic (exact) mass is 269 g/mol. The molecule has 19 heavy (non-hydrogen) atoms. The third-order valence-electron chi connectivity index (χ3n) is 2.54. The van der Waals surface area contributed by atoms with Crippen molar-refractivity contribution in [3.8, 4) is 0 Å². The fourth-order valence-electron chi connectivity index (χ4n) is 1.32. The maximum absolute atomic E-state index is 11.8. The van der Waals surface area contributed by atoms with Crippen molar-refractivity contribution in [1.29, 1.82) is 0 Å².